The van der Waals surface area contributed by atoms with Crippen molar-refractivity contribution in [2.45, 2.75) is 37.5 Å². The van der Waals surface area contributed by atoms with E-state index in [4.69, 9.17) is 0 Å². The van der Waals surface area contributed by atoms with E-state index in [1.54, 1.807) is 18.2 Å². The maximum Gasteiger partial charge on any atom is 0.425 e. The third-order valence-electron chi connectivity index (χ3n) is 4.80. The summed E-state index contributed by atoms with van der Waals surface area (Å²) in [6, 6.07) is 6.42. The number of benzene rings is 1. The number of fused-ring (bicyclic) bond motifs is 2. The standard InChI is InChI=1S/C17H15F3O/c18-17(19,20)16(21)13-6-2-1-4-12(13)15-11(10-8-9-10)5-3-7-14(15)16/h1-2,4-6,10,21H,3,7-9H2. The van der Waals surface area contributed by atoms with E-state index < -0.39 is 11.8 Å². The molecule has 4 heteroatoms. The predicted molar refractivity (Wildman–Crippen MR) is 73.4 cm³/mol. The van der Waals surface area contributed by atoms with Crippen molar-refractivity contribution >= 4 is 5.57 Å². The molecule has 3 aliphatic carbocycles. The zero-order valence-electron chi connectivity index (χ0n) is 11.4. The highest BCUT2D eigenvalue weighted by Crippen LogP contribution is 2.60. The molecular formula is C17H15F3O. The molecule has 4 rings (SSSR count). The lowest BCUT2D eigenvalue weighted by atomic mass is 9.83. The van der Waals surface area contributed by atoms with Crippen LogP contribution in [-0.4, -0.2) is 11.3 Å². The maximum atomic E-state index is 13.6. The van der Waals surface area contributed by atoms with Crippen molar-refractivity contribution in [3.8, 4) is 0 Å². The first kappa shape index (κ1) is 13.1. The molecule has 0 spiro atoms. The fourth-order valence-electron chi connectivity index (χ4n) is 3.72. The van der Waals surface area contributed by atoms with Crippen LogP contribution in [0, 0.1) is 5.92 Å². The Hall–Kier alpha value is -1.55. The molecule has 1 unspecified atom stereocenters. The highest BCUT2D eigenvalue weighted by Gasteiger charge is 2.62. The highest BCUT2D eigenvalue weighted by molar-refractivity contribution is 5.90. The Labute approximate surface area is 120 Å². The summed E-state index contributed by atoms with van der Waals surface area (Å²) in [7, 11) is 0. The number of alkyl halides is 3. The second kappa shape index (κ2) is 4.01. The van der Waals surface area contributed by atoms with Crippen molar-refractivity contribution in [2.75, 3.05) is 0 Å². The lowest BCUT2D eigenvalue weighted by molar-refractivity contribution is -0.249. The molecule has 1 saturated carbocycles. The van der Waals surface area contributed by atoms with Gasteiger partial charge in [-0.2, -0.15) is 13.2 Å². The van der Waals surface area contributed by atoms with Crippen LogP contribution < -0.4 is 0 Å². The lowest BCUT2D eigenvalue weighted by Gasteiger charge is -2.31. The van der Waals surface area contributed by atoms with Crippen molar-refractivity contribution in [3.63, 3.8) is 0 Å². The minimum Gasteiger partial charge on any atom is -0.372 e. The summed E-state index contributed by atoms with van der Waals surface area (Å²) in [5, 5.41) is 10.6. The van der Waals surface area contributed by atoms with Gasteiger partial charge in [-0.1, -0.05) is 30.3 Å². The molecule has 1 aromatic rings. The molecule has 1 atom stereocenters. The van der Waals surface area contributed by atoms with Crippen LogP contribution in [0.1, 0.15) is 36.8 Å². The Bertz CT molecular complexity index is 680. The van der Waals surface area contributed by atoms with Crippen LogP contribution in [-0.2, 0) is 5.60 Å². The zero-order valence-corrected chi connectivity index (χ0v) is 11.4. The molecule has 0 amide bonds. The number of hydrogen-bond acceptors (Lipinski definition) is 1. The summed E-state index contributed by atoms with van der Waals surface area (Å²) in [6.45, 7) is 0. The zero-order chi connectivity index (χ0) is 14.8. The third-order valence-corrected chi connectivity index (χ3v) is 4.80. The minimum absolute atomic E-state index is 0.00375. The van der Waals surface area contributed by atoms with Crippen LogP contribution in [0.4, 0.5) is 13.2 Å². The van der Waals surface area contributed by atoms with Crippen LogP contribution in [0.5, 0.6) is 0 Å². The molecule has 0 heterocycles. The summed E-state index contributed by atoms with van der Waals surface area (Å²) in [6.07, 6.45) is 0.305. The molecule has 1 fully saturated rings. The van der Waals surface area contributed by atoms with Crippen molar-refractivity contribution in [1.29, 1.82) is 0 Å². The Kier molecular flexibility index (Phi) is 2.51. The van der Waals surface area contributed by atoms with E-state index in [0.717, 1.165) is 18.4 Å². The maximum absolute atomic E-state index is 13.6. The fourth-order valence-corrected chi connectivity index (χ4v) is 3.72. The monoisotopic (exact) mass is 292 g/mol. The molecule has 0 aliphatic heterocycles. The number of allylic oxidation sites excluding steroid dienone is 3. The van der Waals surface area contributed by atoms with Gasteiger partial charge in [0, 0.05) is 5.56 Å². The Morgan fingerprint density at radius 3 is 2.52 bits per heavy atom. The average Bonchev–Trinajstić information content (AvgIpc) is 3.25. The van der Waals surface area contributed by atoms with Gasteiger partial charge in [0.05, 0.1) is 0 Å². The van der Waals surface area contributed by atoms with Gasteiger partial charge in [0.1, 0.15) is 0 Å². The molecule has 1 aromatic carbocycles. The number of hydrogen-bond donors (Lipinski definition) is 1. The number of aliphatic hydroxyl groups is 1. The Morgan fingerprint density at radius 2 is 1.86 bits per heavy atom. The summed E-state index contributed by atoms with van der Waals surface area (Å²) in [4.78, 5) is 0. The van der Waals surface area contributed by atoms with Crippen LogP contribution in [0.25, 0.3) is 5.57 Å². The van der Waals surface area contributed by atoms with E-state index in [1.807, 2.05) is 0 Å². The van der Waals surface area contributed by atoms with Gasteiger partial charge in [-0.05, 0) is 53.9 Å². The summed E-state index contributed by atoms with van der Waals surface area (Å²) in [5.74, 6) is 0.374. The van der Waals surface area contributed by atoms with E-state index in [-0.39, 0.29) is 17.6 Å². The van der Waals surface area contributed by atoms with Crippen LogP contribution in [0.2, 0.25) is 0 Å². The van der Waals surface area contributed by atoms with Crippen LogP contribution >= 0.6 is 0 Å². The molecule has 1 nitrogen and oxygen atoms in total. The first-order valence-electron chi connectivity index (χ1n) is 7.27. The third kappa shape index (κ3) is 1.62. The molecule has 0 saturated heterocycles. The van der Waals surface area contributed by atoms with Crippen LogP contribution in [0.3, 0.4) is 0 Å². The van der Waals surface area contributed by atoms with E-state index >= 15 is 0 Å². The smallest absolute Gasteiger partial charge is 0.372 e. The van der Waals surface area contributed by atoms with Crippen molar-refractivity contribution in [2.24, 2.45) is 5.92 Å². The summed E-state index contributed by atoms with van der Waals surface area (Å²) in [5.41, 5.74) is -0.419. The van der Waals surface area contributed by atoms with Gasteiger partial charge >= 0.3 is 6.18 Å². The Balaban J connectivity index is 2.00. The van der Waals surface area contributed by atoms with E-state index in [0.29, 0.717) is 23.5 Å². The first-order valence-corrected chi connectivity index (χ1v) is 7.27. The first-order chi connectivity index (χ1) is 9.94. The van der Waals surface area contributed by atoms with Gasteiger partial charge in [-0.15, -0.1) is 0 Å². The van der Waals surface area contributed by atoms with Crippen molar-refractivity contribution < 1.29 is 18.3 Å². The lowest BCUT2D eigenvalue weighted by Crippen LogP contribution is -2.42. The second-order valence-corrected chi connectivity index (χ2v) is 6.08. The molecule has 21 heavy (non-hydrogen) atoms. The van der Waals surface area contributed by atoms with E-state index in [2.05, 4.69) is 6.08 Å². The molecule has 110 valence electrons. The van der Waals surface area contributed by atoms with E-state index in [9.17, 15) is 18.3 Å². The van der Waals surface area contributed by atoms with Crippen molar-refractivity contribution in [1.82, 2.24) is 0 Å². The topological polar surface area (TPSA) is 20.2 Å². The quantitative estimate of drug-likeness (QED) is 0.816. The molecular weight excluding hydrogens is 277 g/mol. The summed E-state index contributed by atoms with van der Waals surface area (Å²) >= 11 is 0. The molecule has 0 radical (unpaired) electrons. The van der Waals surface area contributed by atoms with Crippen LogP contribution in [0.15, 0.2) is 41.5 Å². The molecule has 0 bridgehead atoms. The summed E-state index contributed by atoms with van der Waals surface area (Å²) < 4.78 is 40.9. The van der Waals surface area contributed by atoms with Gasteiger partial charge < -0.3 is 5.11 Å². The van der Waals surface area contributed by atoms with Gasteiger partial charge in [0.25, 0.3) is 0 Å². The second-order valence-electron chi connectivity index (χ2n) is 6.08. The Morgan fingerprint density at radius 1 is 1.14 bits per heavy atom. The molecule has 1 N–H and O–H groups in total. The average molecular weight is 292 g/mol. The highest BCUT2D eigenvalue weighted by atomic mass is 19.4. The predicted octanol–water partition coefficient (Wildman–Crippen LogP) is 4.33. The minimum atomic E-state index is -4.69. The molecule has 0 aromatic heterocycles. The van der Waals surface area contributed by atoms with Gasteiger partial charge in [-0.3, -0.25) is 0 Å². The van der Waals surface area contributed by atoms with E-state index in [1.165, 1.54) is 6.07 Å². The van der Waals surface area contributed by atoms with Gasteiger partial charge in [0.15, 0.2) is 0 Å². The largest absolute Gasteiger partial charge is 0.425 e. The SMILES string of the molecule is OC1(C(F)(F)F)C2=C(C(C3CC3)=CCC2)c2ccccc21. The number of halogens is 3. The fraction of sp³-hybridized carbons (Fsp3) is 0.412. The number of rotatable bonds is 1. The normalized spacial score (nSPS) is 28.3. The van der Waals surface area contributed by atoms with Gasteiger partial charge in [-0.25, -0.2) is 0 Å². The van der Waals surface area contributed by atoms with Gasteiger partial charge in [0.2, 0.25) is 5.60 Å². The molecule has 3 aliphatic rings. The van der Waals surface area contributed by atoms with Crippen molar-refractivity contribution in [3.05, 3.63) is 52.6 Å².